The second-order valence-corrected chi connectivity index (χ2v) is 8.99. The Balaban J connectivity index is 1.55. The molecule has 2 aromatic carbocycles. The Morgan fingerprint density at radius 2 is 1.94 bits per heavy atom. The van der Waals surface area contributed by atoms with Gasteiger partial charge in [0.1, 0.15) is 23.2 Å². The zero-order valence-electron chi connectivity index (χ0n) is 18.4. The predicted molar refractivity (Wildman–Crippen MR) is 129 cm³/mol. The van der Waals surface area contributed by atoms with Gasteiger partial charge in [0.25, 0.3) is 5.91 Å². The number of hydrogen-bond acceptors (Lipinski definition) is 5. The van der Waals surface area contributed by atoms with E-state index in [0.29, 0.717) is 47.5 Å². The molecule has 0 saturated carbocycles. The molecule has 0 N–H and O–H groups in total. The van der Waals surface area contributed by atoms with E-state index in [0.717, 1.165) is 11.6 Å². The highest BCUT2D eigenvalue weighted by molar-refractivity contribution is 6.42. The maximum atomic E-state index is 14.5. The number of carbonyl (C=O) groups is 1. The lowest BCUT2D eigenvalue weighted by Gasteiger charge is -2.19. The van der Waals surface area contributed by atoms with Crippen LogP contribution in [0.2, 0.25) is 10.0 Å². The summed E-state index contributed by atoms with van der Waals surface area (Å²) in [6.07, 6.45) is 3.57. The SMILES string of the molecule is N#Cc1ccc(C(=O)N2CC(CCOc3ccncc3C#N)C(c3ccc(Cl)c(Cl)c3)C2)c(F)c1. The van der Waals surface area contributed by atoms with Crippen LogP contribution >= 0.6 is 23.2 Å². The zero-order chi connectivity index (χ0) is 24.9. The van der Waals surface area contributed by atoms with Gasteiger partial charge >= 0.3 is 0 Å². The van der Waals surface area contributed by atoms with Crippen molar-refractivity contribution < 1.29 is 13.9 Å². The Hall–Kier alpha value is -3.65. The maximum Gasteiger partial charge on any atom is 0.256 e. The fourth-order valence-corrected chi connectivity index (χ4v) is 4.60. The first-order chi connectivity index (χ1) is 16.9. The molecule has 6 nitrogen and oxygen atoms in total. The van der Waals surface area contributed by atoms with Gasteiger partial charge in [0.2, 0.25) is 0 Å². The highest BCUT2D eigenvalue weighted by Gasteiger charge is 2.37. The minimum absolute atomic E-state index is 0.00925. The number of likely N-dealkylation sites (tertiary alicyclic amines) is 1. The van der Waals surface area contributed by atoms with Gasteiger partial charge in [0.15, 0.2) is 0 Å². The summed E-state index contributed by atoms with van der Waals surface area (Å²) in [6, 6.07) is 14.8. The number of hydrogen-bond donors (Lipinski definition) is 0. The second-order valence-electron chi connectivity index (χ2n) is 8.18. The van der Waals surface area contributed by atoms with Gasteiger partial charge in [-0.1, -0.05) is 29.3 Å². The van der Waals surface area contributed by atoms with Crippen LogP contribution in [-0.4, -0.2) is 35.5 Å². The Labute approximate surface area is 212 Å². The molecule has 176 valence electrons. The molecule has 0 bridgehead atoms. The lowest BCUT2D eigenvalue weighted by Crippen LogP contribution is -2.29. The molecule has 0 aliphatic carbocycles. The van der Waals surface area contributed by atoms with Gasteiger partial charge in [-0.25, -0.2) is 4.39 Å². The van der Waals surface area contributed by atoms with Crippen LogP contribution in [0.1, 0.15) is 39.4 Å². The molecule has 2 heterocycles. The summed E-state index contributed by atoms with van der Waals surface area (Å²) >= 11 is 12.3. The van der Waals surface area contributed by atoms with E-state index >= 15 is 0 Å². The number of pyridine rings is 1. The Kier molecular flexibility index (Phi) is 7.51. The van der Waals surface area contributed by atoms with Crippen LogP contribution in [0.5, 0.6) is 5.75 Å². The fraction of sp³-hybridized carbons (Fsp3) is 0.231. The third kappa shape index (κ3) is 5.38. The first-order valence-electron chi connectivity index (χ1n) is 10.8. The third-order valence-corrected chi connectivity index (χ3v) is 6.82. The summed E-state index contributed by atoms with van der Waals surface area (Å²) in [5.74, 6) is -0.814. The highest BCUT2D eigenvalue weighted by atomic mass is 35.5. The normalized spacial score (nSPS) is 17.0. The van der Waals surface area contributed by atoms with Crippen molar-refractivity contribution in [1.82, 2.24) is 9.88 Å². The Morgan fingerprint density at radius 3 is 2.66 bits per heavy atom. The van der Waals surface area contributed by atoms with Gasteiger partial charge in [-0.2, -0.15) is 10.5 Å². The quantitative estimate of drug-likeness (QED) is 0.432. The molecule has 1 aromatic heterocycles. The molecule has 1 fully saturated rings. The van der Waals surface area contributed by atoms with Crippen molar-refractivity contribution in [3.8, 4) is 17.9 Å². The van der Waals surface area contributed by atoms with Crippen LogP contribution in [0.3, 0.4) is 0 Å². The number of benzene rings is 2. The molecule has 1 amide bonds. The van der Waals surface area contributed by atoms with Crippen molar-refractivity contribution in [2.24, 2.45) is 5.92 Å². The molecule has 2 unspecified atom stereocenters. The second kappa shape index (κ2) is 10.7. The number of aromatic nitrogens is 1. The fourth-order valence-electron chi connectivity index (χ4n) is 4.29. The van der Waals surface area contributed by atoms with E-state index in [4.69, 9.17) is 33.2 Å². The van der Waals surface area contributed by atoms with Gasteiger partial charge in [-0.05, 0) is 54.3 Å². The van der Waals surface area contributed by atoms with Gasteiger partial charge in [0, 0.05) is 31.4 Å². The molecule has 1 saturated heterocycles. The van der Waals surface area contributed by atoms with Crippen molar-refractivity contribution in [3.63, 3.8) is 0 Å². The van der Waals surface area contributed by atoms with Gasteiger partial charge in [-0.3, -0.25) is 9.78 Å². The summed E-state index contributed by atoms with van der Waals surface area (Å²) in [4.78, 5) is 18.7. The summed E-state index contributed by atoms with van der Waals surface area (Å²) in [6.45, 7) is 1.06. The van der Waals surface area contributed by atoms with Crippen LogP contribution < -0.4 is 4.74 Å². The van der Waals surface area contributed by atoms with Gasteiger partial charge < -0.3 is 9.64 Å². The van der Waals surface area contributed by atoms with E-state index in [9.17, 15) is 14.4 Å². The molecule has 4 rings (SSSR count). The molecule has 0 radical (unpaired) electrons. The summed E-state index contributed by atoms with van der Waals surface area (Å²) in [7, 11) is 0. The molecule has 9 heteroatoms. The first kappa shape index (κ1) is 24.5. The average Bonchev–Trinajstić information content (AvgIpc) is 3.29. The van der Waals surface area contributed by atoms with Crippen molar-refractivity contribution in [2.45, 2.75) is 12.3 Å². The number of rotatable bonds is 6. The number of nitriles is 2. The standard InChI is InChI=1S/C26H19Cl2FN4O2/c27-22-4-2-17(10-23(22)28)21-15-33(26(34)20-3-1-16(11-30)9-24(20)29)14-18(21)6-8-35-25-5-7-32-13-19(25)12-31/h1-5,7,9-10,13,18,21H,6,8,14-15H2. The molecule has 2 atom stereocenters. The van der Waals surface area contributed by atoms with E-state index in [1.165, 1.54) is 18.3 Å². The van der Waals surface area contributed by atoms with Crippen LogP contribution in [0.25, 0.3) is 0 Å². The van der Waals surface area contributed by atoms with E-state index < -0.39 is 11.7 Å². The van der Waals surface area contributed by atoms with E-state index in [-0.39, 0.29) is 23.0 Å². The molecular formula is C26H19Cl2FN4O2. The largest absolute Gasteiger partial charge is 0.492 e. The summed E-state index contributed by atoms with van der Waals surface area (Å²) in [5, 5.41) is 19.1. The van der Waals surface area contributed by atoms with Crippen molar-refractivity contribution in [3.05, 3.63) is 93.0 Å². The van der Waals surface area contributed by atoms with Crippen molar-refractivity contribution in [1.29, 1.82) is 10.5 Å². The number of halogens is 3. The van der Waals surface area contributed by atoms with Crippen LogP contribution in [-0.2, 0) is 0 Å². The molecular weight excluding hydrogens is 490 g/mol. The average molecular weight is 509 g/mol. The van der Waals surface area contributed by atoms with Crippen LogP contribution in [0.4, 0.5) is 4.39 Å². The molecule has 1 aliphatic heterocycles. The maximum absolute atomic E-state index is 14.5. The Morgan fingerprint density at radius 1 is 1.11 bits per heavy atom. The monoisotopic (exact) mass is 508 g/mol. The lowest BCUT2D eigenvalue weighted by atomic mass is 9.87. The highest BCUT2D eigenvalue weighted by Crippen LogP contribution is 2.38. The molecule has 0 spiro atoms. The summed E-state index contributed by atoms with van der Waals surface area (Å²) < 4.78 is 20.4. The van der Waals surface area contributed by atoms with Gasteiger partial charge in [-0.15, -0.1) is 0 Å². The number of nitrogens with zero attached hydrogens (tertiary/aromatic N) is 4. The molecule has 35 heavy (non-hydrogen) atoms. The topological polar surface area (TPSA) is 90.0 Å². The van der Waals surface area contributed by atoms with E-state index in [2.05, 4.69) is 11.1 Å². The lowest BCUT2D eigenvalue weighted by molar-refractivity contribution is 0.0779. The molecule has 1 aliphatic rings. The first-order valence-corrected chi connectivity index (χ1v) is 11.6. The van der Waals surface area contributed by atoms with Gasteiger partial charge in [0.05, 0.1) is 33.8 Å². The number of amides is 1. The van der Waals surface area contributed by atoms with E-state index in [1.54, 1.807) is 29.3 Å². The number of carbonyl (C=O) groups excluding carboxylic acids is 1. The van der Waals surface area contributed by atoms with Crippen LogP contribution in [0.15, 0.2) is 54.9 Å². The Bertz CT molecular complexity index is 1350. The van der Waals surface area contributed by atoms with Crippen molar-refractivity contribution in [2.75, 3.05) is 19.7 Å². The number of ether oxygens (including phenoxy) is 1. The summed E-state index contributed by atoms with van der Waals surface area (Å²) in [5.41, 5.74) is 1.33. The van der Waals surface area contributed by atoms with Crippen LogP contribution in [0, 0.1) is 34.4 Å². The minimum Gasteiger partial charge on any atom is -0.492 e. The predicted octanol–water partition coefficient (Wildman–Crippen LogP) is 5.60. The smallest absolute Gasteiger partial charge is 0.256 e. The van der Waals surface area contributed by atoms with Crippen molar-refractivity contribution >= 4 is 29.1 Å². The minimum atomic E-state index is -0.728. The zero-order valence-corrected chi connectivity index (χ0v) is 19.9. The molecule has 3 aromatic rings. The van der Waals surface area contributed by atoms with E-state index in [1.807, 2.05) is 12.1 Å². The third-order valence-electron chi connectivity index (χ3n) is 6.08.